The van der Waals surface area contributed by atoms with E-state index in [2.05, 4.69) is 10.2 Å². The summed E-state index contributed by atoms with van der Waals surface area (Å²) in [5.41, 5.74) is 0.628. The fourth-order valence-corrected chi connectivity index (χ4v) is 1.47. The van der Waals surface area contributed by atoms with Crippen LogP contribution in [0.3, 0.4) is 0 Å². The van der Waals surface area contributed by atoms with Crippen molar-refractivity contribution in [2.24, 2.45) is 5.10 Å². The largest absolute Gasteiger partial charge is 0.860 e. The van der Waals surface area contributed by atoms with Gasteiger partial charge in [-0.15, -0.1) is 14.5 Å². The average Bonchev–Trinajstić information content (AvgIpc) is 2.76. The fraction of sp³-hybridized carbons (Fsp3) is 0.167. The number of carbonyl (C=O) groups excluding carboxylic acids is 1. The number of benzene rings is 1. The summed E-state index contributed by atoms with van der Waals surface area (Å²) in [5, 5.41) is 18.4. The zero-order valence-corrected chi connectivity index (χ0v) is 9.85. The molecule has 6 heteroatoms. The molecule has 18 heavy (non-hydrogen) atoms. The second-order valence-corrected chi connectivity index (χ2v) is 3.73. The Morgan fingerprint density at radius 1 is 1.44 bits per heavy atom. The minimum Gasteiger partial charge on any atom is -0.860 e. The van der Waals surface area contributed by atoms with Gasteiger partial charge in [-0.25, -0.2) is 0 Å². The molecule has 2 aromatic rings. The number of aromatic nitrogens is 3. The van der Waals surface area contributed by atoms with E-state index in [-0.39, 0.29) is 18.2 Å². The maximum Gasteiger partial charge on any atom is 0.288 e. The smallest absolute Gasteiger partial charge is 0.288 e. The first-order valence-electron chi connectivity index (χ1n) is 5.40. The molecule has 0 aliphatic rings. The summed E-state index contributed by atoms with van der Waals surface area (Å²) in [6.45, 7) is 1.46. The van der Waals surface area contributed by atoms with Gasteiger partial charge in [0, 0.05) is 10.7 Å². The Kier molecular flexibility index (Phi) is 3.47. The van der Waals surface area contributed by atoms with E-state index in [0.717, 1.165) is 0 Å². The first-order chi connectivity index (χ1) is 8.65. The molecule has 0 aliphatic heterocycles. The number of rotatable bonds is 4. The van der Waals surface area contributed by atoms with E-state index in [1.54, 1.807) is 12.1 Å². The fourth-order valence-electron chi connectivity index (χ4n) is 1.47. The van der Waals surface area contributed by atoms with Crippen molar-refractivity contribution < 1.29 is 14.6 Å². The van der Waals surface area contributed by atoms with Gasteiger partial charge in [-0.3, -0.25) is 4.79 Å². The van der Waals surface area contributed by atoms with Crippen molar-refractivity contribution in [1.29, 1.82) is 0 Å². The second-order valence-electron chi connectivity index (χ2n) is 3.73. The number of carbonyl (C=O) groups is 1. The van der Waals surface area contributed by atoms with Crippen LogP contribution in [0.1, 0.15) is 17.3 Å². The Balaban J connectivity index is 2.08. The van der Waals surface area contributed by atoms with Crippen molar-refractivity contribution in [3.63, 3.8) is 0 Å². The minimum absolute atomic E-state index is 0.0475. The summed E-state index contributed by atoms with van der Waals surface area (Å²) in [6.07, 6.45) is 2.86. The van der Waals surface area contributed by atoms with Gasteiger partial charge in [0.2, 0.25) is 6.33 Å². The molecule has 0 spiro atoms. The molecule has 1 aromatic heterocycles. The Labute approximate surface area is 104 Å². The topological polar surface area (TPSA) is 74.2 Å². The van der Waals surface area contributed by atoms with Crippen molar-refractivity contribution in [2.45, 2.75) is 13.5 Å². The molecule has 0 bridgehead atoms. The van der Waals surface area contributed by atoms with Gasteiger partial charge in [0.25, 0.3) is 6.33 Å². The number of hydrogen-bond donors (Lipinski definition) is 0. The van der Waals surface area contributed by atoms with Crippen molar-refractivity contribution in [3.8, 4) is 0 Å². The summed E-state index contributed by atoms with van der Waals surface area (Å²) >= 11 is 0. The Morgan fingerprint density at radius 2 is 2.17 bits per heavy atom. The van der Waals surface area contributed by atoms with E-state index >= 15 is 0 Å². The number of hydrogen-bond acceptors (Lipinski definition) is 4. The molecule has 2 rings (SSSR count). The van der Waals surface area contributed by atoms with Crippen molar-refractivity contribution >= 4 is 11.7 Å². The molecule has 0 saturated heterocycles. The summed E-state index contributed by atoms with van der Waals surface area (Å²) < 4.78 is 2.71. The summed E-state index contributed by atoms with van der Waals surface area (Å²) in [4.78, 5) is 11.9. The monoisotopic (exact) mass is 244 g/mol. The maximum atomic E-state index is 11.9. The van der Waals surface area contributed by atoms with Gasteiger partial charge in [-0.05, 0) is 12.8 Å². The highest BCUT2D eigenvalue weighted by Gasteiger charge is 2.12. The SMILES string of the molecule is C/C([O-])=N/[n+]1cnn(CC(=O)c2ccccc2)c1. The van der Waals surface area contributed by atoms with Gasteiger partial charge >= 0.3 is 0 Å². The van der Waals surface area contributed by atoms with E-state index in [9.17, 15) is 9.90 Å². The molecule has 0 unspecified atom stereocenters. The molecule has 0 atom stereocenters. The third kappa shape index (κ3) is 3.00. The lowest BCUT2D eigenvalue weighted by Crippen LogP contribution is -2.30. The molecule has 1 heterocycles. The Morgan fingerprint density at radius 3 is 2.83 bits per heavy atom. The Bertz CT molecular complexity index is 571. The van der Waals surface area contributed by atoms with Gasteiger partial charge in [0.15, 0.2) is 12.3 Å². The number of nitrogens with zero attached hydrogens (tertiary/aromatic N) is 4. The minimum atomic E-state index is -0.325. The highest BCUT2D eigenvalue weighted by atomic mass is 16.3. The lowest BCUT2D eigenvalue weighted by molar-refractivity contribution is -0.682. The van der Waals surface area contributed by atoms with Crippen LogP contribution in [0.4, 0.5) is 0 Å². The first-order valence-corrected chi connectivity index (χ1v) is 5.40. The van der Waals surface area contributed by atoms with Crippen molar-refractivity contribution in [1.82, 2.24) is 9.78 Å². The lowest BCUT2D eigenvalue weighted by atomic mass is 10.1. The zero-order chi connectivity index (χ0) is 13.0. The first kappa shape index (κ1) is 12.0. The number of Topliss-reactive ketones (excluding diaryl/α,β-unsaturated/α-hetero) is 1. The molecule has 92 valence electrons. The second kappa shape index (κ2) is 5.22. The zero-order valence-electron chi connectivity index (χ0n) is 9.85. The molecule has 0 radical (unpaired) electrons. The predicted octanol–water partition coefficient (Wildman–Crippen LogP) is -0.405. The van der Waals surface area contributed by atoms with Crippen LogP contribution in [0.25, 0.3) is 0 Å². The van der Waals surface area contributed by atoms with Gasteiger partial charge in [-0.1, -0.05) is 30.3 Å². The molecule has 0 aliphatic carbocycles. The molecule has 0 fully saturated rings. The molecule has 1 aromatic carbocycles. The van der Waals surface area contributed by atoms with Crippen LogP contribution in [0.15, 0.2) is 48.1 Å². The van der Waals surface area contributed by atoms with Crippen LogP contribution in [0.2, 0.25) is 0 Å². The standard InChI is InChI=1S/C12H12N4O2/c1-10(17)14-16-8-13-15(9-16)7-12(18)11-5-3-2-4-6-11/h2-6,8-9H,7H2,1H3. The van der Waals surface area contributed by atoms with Crippen LogP contribution in [0, 0.1) is 0 Å². The molecule has 0 amide bonds. The summed E-state index contributed by atoms with van der Waals surface area (Å²) in [5.74, 6) is -0.373. The highest BCUT2D eigenvalue weighted by Crippen LogP contribution is 2.00. The predicted molar refractivity (Wildman–Crippen MR) is 61.7 cm³/mol. The lowest BCUT2D eigenvalue weighted by Gasteiger charge is -1.97. The molecular weight excluding hydrogens is 232 g/mol. The maximum absolute atomic E-state index is 11.9. The molecule has 6 nitrogen and oxygen atoms in total. The third-order valence-electron chi connectivity index (χ3n) is 2.23. The number of ketones is 1. The Hall–Kier alpha value is -2.50. The van der Waals surface area contributed by atoms with Crippen LogP contribution in [-0.4, -0.2) is 21.5 Å². The molecule has 0 saturated carbocycles. The highest BCUT2D eigenvalue weighted by molar-refractivity contribution is 5.95. The third-order valence-corrected chi connectivity index (χ3v) is 2.23. The van der Waals surface area contributed by atoms with Crippen molar-refractivity contribution in [3.05, 3.63) is 48.5 Å². The van der Waals surface area contributed by atoms with E-state index in [1.807, 2.05) is 18.2 Å². The van der Waals surface area contributed by atoms with Crippen LogP contribution < -0.4 is 9.78 Å². The van der Waals surface area contributed by atoms with E-state index < -0.39 is 0 Å². The van der Waals surface area contributed by atoms with Gasteiger partial charge in [-0.2, -0.15) is 0 Å². The van der Waals surface area contributed by atoms with E-state index in [1.165, 1.54) is 28.9 Å². The molecule has 0 N–H and O–H groups in total. The van der Waals surface area contributed by atoms with Gasteiger partial charge < -0.3 is 5.11 Å². The van der Waals surface area contributed by atoms with Crippen LogP contribution >= 0.6 is 0 Å². The van der Waals surface area contributed by atoms with Crippen molar-refractivity contribution in [2.75, 3.05) is 0 Å². The van der Waals surface area contributed by atoms with E-state index in [0.29, 0.717) is 5.56 Å². The quantitative estimate of drug-likeness (QED) is 0.318. The average molecular weight is 244 g/mol. The summed E-state index contributed by atoms with van der Waals surface area (Å²) in [7, 11) is 0. The normalized spacial score (nSPS) is 11.5. The van der Waals surface area contributed by atoms with Crippen LogP contribution in [0.5, 0.6) is 0 Å². The van der Waals surface area contributed by atoms with Gasteiger partial charge in [0.1, 0.15) is 0 Å². The van der Waals surface area contributed by atoms with E-state index in [4.69, 9.17) is 0 Å². The summed E-state index contributed by atoms with van der Waals surface area (Å²) in [6, 6.07) is 8.97. The van der Waals surface area contributed by atoms with Gasteiger partial charge in [0.05, 0.1) is 0 Å². The molecular formula is C12H12N4O2. The van der Waals surface area contributed by atoms with Crippen LogP contribution in [-0.2, 0) is 6.54 Å².